The van der Waals surface area contributed by atoms with Gasteiger partial charge in [-0.2, -0.15) is 0 Å². The molecule has 2 amide bonds. The number of H-pyrrole nitrogens is 1. The van der Waals surface area contributed by atoms with Gasteiger partial charge in [-0.05, 0) is 37.0 Å². The van der Waals surface area contributed by atoms with Crippen LogP contribution in [-0.2, 0) is 4.79 Å². The molecule has 0 aliphatic carbocycles. The molecular formula is C22H23N5O2. The summed E-state index contributed by atoms with van der Waals surface area (Å²) in [6.07, 6.45) is 10.3. The highest BCUT2D eigenvalue weighted by molar-refractivity contribution is 5.96. The number of rotatable bonds is 4. The molecule has 1 saturated heterocycles. The van der Waals surface area contributed by atoms with E-state index in [9.17, 15) is 9.59 Å². The zero-order valence-electron chi connectivity index (χ0n) is 16.3. The molecule has 1 aliphatic heterocycles. The van der Waals surface area contributed by atoms with E-state index in [0.29, 0.717) is 11.6 Å². The Balaban J connectivity index is 1.57. The largest absolute Gasteiger partial charge is 0.366 e. The zero-order valence-corrected chi connectivity index (χ0v) is 16.3. The summed E-state index contributed by atoms with van der Waals surface area (Å²) < 4.78 is 0. The predicted octanol–water partition coefficient (Wildman–Crippen LogP) is 3.00. The number of aromatic amines is 1. The molecule has 7 heteroatoms. The van der Waals surface area contributed by atoms with E-state index in [2.05, 4.69) is 21.9 Å². The van der Waals surface area contributed by atoms with Crippen LogP contribution in [0.5, 0.6) is 0 Å². The molecule has 0 spiro atoms. The summed E-state index contributed by atoms with van der Waals surface area (Å²) in [6, 6.07) is 5.64. The van der Waals surface area contributed by atoms with Crippen molar-refractivity contribution in [2.75, 3.05) is 13.1 Å². The first-order valence-corrected chi connectivity index (χ1v) is 9.71. The van der Waals surface area contributed by atoms with E-state index in [1.165, 1.54) is 6.08 Å². The highest BCUT2D eigenvalue weighted by Gasteiger charge is 2.22. The number of hydrogen-bond acceptors (Lipinski definition) is 4. The molecule has 1 fully saturated rings. The van der Waals surface area contributed by atoms with Gasteiger partial charge in [-0.3, -0.25) is 14.6 Å². The third-order valence-electron chi connectivity index (χ3n) is 5.38. The molecule has 4 rings (SSSR count). The number of carbonyl (C=O) groups is 2. The fourth-order valence-corrected chi connectivity index (χ4v) is 3.56. The van der Waals surface area contributed by atoms with Crippen LogP contribution in [0.25, 0.3) is 28.2 Å². The normalized spacial score (nSPS) is 15.3. The maximum Gasteiger partial charge on any atom is 0.272 e. The van der Waals surface area contributed by atoms with Crippen LogP contribution in [-0.4, -0.2) is 44.8 Å². The molecule has 29 heavy (non-hydrogen) atoms. The van der Waals surface area contributed by atoms with Gasteiger partial charge in [0.25, 0.3) is 5.91 Å². The molecule has 0 bridgehead atoms. The lowest BCUT2D eigenvalue weighted by Gasteiger charge is -2.30. The number of aromatic nitrogens is 3. The quantitative estimate of drug-likeness (QED) is 0.669. The molecular weight excluding hydrogens is 366 g/mol. The van der Waals surface area contributed by atoms with E-state index in [1.807, 2.05) is 17.0 Å². The van der Waals surface area contributed by atoms with Gasteiger partial charge < -0.3 is 15.6 Å². The Hall–Kier alpha value is -3.48. The summed E-state index contributed by atoms with van der Waals surface area (Å²) in [7, 11) is 0. The molecule has 3 aromatic heterocycles. The summed E-state index contributed by atoms with van der Waals surface area (Å²) in [5.41, 5.74) is 8.94. The van der Waals surface area contributed by atoms with Crippen LogP contribution in [0, 0.1) is 5.92 Å². The Morgan fingerprint density at radius 3 is 2.62 bits per heavy atom. The smallest absolute Gasteiger partial charge is 0.272 e. The molecule has 4 heterocycles. The number of nitrogens with two attached hydrogens (primary N) is 1. The van der Waals surface area contributed by atoms with Crippen molar-refractivity contribution in [1.29, 1.82) is 0 Å². The van der Waals surface area contributed by atoms with Gasteiger partial charge in [-0.1, -0.05) is 13.0 Å². The van der Waals surface area contributed by atoms with Gasteiger partial charge in [0.15, 0.2) is 0 Å². The number of hydrogen-bond donors (Lipinski definition) is 2. The van der Waals surface area contributed by atoms with Crippen LogP contribution in [0.2, 0.25) is 0 Å². The van der Waals surface area contributed by atoms with Crippen LogP contribution < -0.4 is 5.73 Å². The van der Waals surface area contributed by atoms with Crippen molar-refractivity contribution >= 4 is 28.9 Å². The molecule has 3 N–H and O–H groups in total. The minimum atomic E-state index is -0.504. The van der Waals surface area contributed by atoms with Crippen LogP contribution in [0.1, 0.15) is 35.8 Å². The number of fused-ring (bicyclic) bond motifs is 1. The second kappa shape index (κ2) is 7.87. The number of primary amides is 1. The van der Waals surface area contributed by atoms with Crippen molar-refractivity contribution in [3.8, 4) is 11.1 Å². The van der Waals surface area contributed by atoms with E-state index in [4.69, 9.17) is 5.73 Å². The van der Waals surface area contributed by atoms with E-state index >= 15 is 0 Å². The first kappa shape index (κ1) is 18.9. The standard InChI is InChI=1S/C22H23N5O2/c1-14-6-8-27(9-7-14)22(29)19-4-2-15(11-24-19)17-10-18-16(3-5-20(23)28)12-25-21(18)26-13-17/h2-5,10-14H,6-9H2,1H3,(H2,23,28)(H,25,26). The minimum Gasteiger partial charge on any atom is -0.366 e. The molecule has 1 aliphatic rings. The SMILES string of the molecule is CC1CCN(C(=O)c2ccc(-c3cnc4[nH]cc(C=CC(N)=O)c4c3)cn2)CC1. The highest BCUT2D eigenvalue weighted by Crippen LogP contribution is 2.25. The fourth-order valence-electron chi connectivity index (χ4n) is 3.56. The number of piperidine rings is 1. The van der Waals surface area contributed by atoms with Gasteiger partial charge in [0.2, 0.25) is 5.91 Å². The fraction of sp³-hybridized carbons (Fsp3) is 0.273. The topological polar surface area (TPSA) is 105 Å². The minimum absolute atomic E-state index is 0.0125. The second-order valence-electron chi connectivity index (χ2n) is 7.51. The highest BCUT2D eigenvalue weighted by atomic mass is 16.2. The molecule has 0 atom stereocenters. The molecule has 0 aromatic carbocycles. The molecule has 0 unspecified atom stereocenters. The average Bonchev–Trinajstić information content (AvgIpc) is 3.14. The van der Waals surface area contributed by atoms with Crippen molar-refractivity contribution in [2.24, 2.45) is 11.7 Å². The lowest BCUT2D eigenvalue weighted by Crippen LogP contribution is -2.38. The van der Waals surface area contributed by atoms with E-state index in [1.54, 1.807) is 30.7 Å². The van der Waals surface area contributed by atoms with Crippen LogP contribution in [0.4, 0.5) is 0 Å². The Morgan fingerprint density at radius 1 is 1.17 bits per heavy atom. The number of nitrogens with zero attached hydrogens (tertiary/aromatic N) is 3. The molecule has 0 radical (unpaired) electrons. The van der Waals surface area contributed by atoms with Gasteiger partial charge >= 0.3 is 0 Å². The maximum absolute atomic E-state index is 12.7. The first-order valence-electron chi connectivity index (χ1n) is 9.71. The molecule has 148 valence electrons. The van der Waals surface area contributed by atoms with Gasteiger partial charge in [0.1, 0.15) is 11.3 Å². The number of amides is 2. The third kappa shape index (κ3) is 4.03. The summed E-state index contributed by atoms with van der Waals surface area (Å²) in [4.78, 5) is 37.5. The van der Waals surface area contributed by atoms with E-state index in [-0.39, 0.29) is 5.91 Å². The summed E-state index contributed by atoms with van der Waals surface area (Å²) >= 11 is 0. The van der Waals surface area contributed by atoms with Crippen molar-refractivity contribution in [2.45, 2.75) is 19.8 Å². The summed E-state index contributed by atoms with van der Waals surface area (Å²) in [6.45, 7) is 3.80. The zero-order chi connectivity index (χ0) is 20.4. The van der Waals surface area contributed by atoms with Gasteiger partial charge in [0.05, 0.1) is 0 Å². The van der Waals surface area contributed by atoms with Crippen molar-refractivity contribution < 1.29 is 9.59 Å². The van der Waals surface area contributed by atoms with Crippen LogP contribution >= 0.6 is 0 Å². The lowest BCUT2D eigenvalue weighted by atomic mass is 9.99. The lowest BCUT2D eigenvalue weighted by molar-refractivity contribution is -0.113. The number of pyridine rings is 2. The Kier molecular flexibility index (Phi) is 5.12. The first-order chi connectivity index (χ1) is 14.0. The number of carbonyl (C=O) groups excluding carboxylic acids is 2. The summed E-state index contributed by atoms with van der Waals surface area (Å²) in [5.74, 6) is 0.158. The number of nitrogens with one attached hydrogen (secondary N) is 1. The molecule has 3 aromatic rings. The monoisotopic (exact) mass is 389 g/mol. The van der Waals surface area contributed by atoms with Gasteiger partial charge in [-0.25, -0.2) is 4.98 Å². The predicted molar refractivity (Wildman–Crippen MR) is 112 cm³/mol. The van der Waals surface area contributed by atoms with Crippen molar-refractivity contribution in [3.63, 3.8) is 0 Å². The third-order valence-corrected chi connectivity index (χ3v) is 5.38. The van der Waals surface area contributed by atoms with Gasteiger partial charge in [0, 0.05) is 59.8 Å². The Morgan fingerprint density at radius 2 is 1.93 bits per heavy atom. The number of likely N-dealkylation sites (tertiary alicyclic amines) is 1. The second-order valence-corrected chi connectivity index (χ2v) is 7.51. The Labute approximate surface area is 168 Å². The maximum atomic E-state index is 12.7. The van der Waals surface area contributed by atoms with Crippen LogP contribution in [0.15, 0.2) is 42.9 Å². The summed E-state index contributed by atoms with van der Waals surface area (Å²) in [5, 5.41) is 0.877. The molecule has 7 nitrogen and oxygen atoms in total. The van der Waals surface area contributed by atoms with Crippen LogP contribution in [0.3, 0.4) is 0 Å². The van der Waals surface area contributed by atoms with Gasteiger partial charge in [-0.15, -0.1) is 0 Å². The van der Waals surface area contributed by atoms with E-state index in [0.717, 1.165) is 53.7 Å². The van der Waals surface area contributed by atoms with Crippen molar-refractivity contribution in [1.82, 2.24) is 19.9 Å². The average molecular weight is 389 g/mol. The Bertz CT molecular complexity index is 1080. The molecule has 0 saturated carbocycles. The van der Waals surface area contributed by atoms with Crippen molar-refractivity contribution in [3.05, 3.63) is 54.1 Å². The van der Waals surface area contributed by atoms with E-state index < -0.39 is 5.91 Å².